The van der Waals surface area contributed by atoms with Crippen molar-refractivity contribution in [3.8, 4) is 11.1 Å². The predicted octanol–water partition coefficient (Wildman–Crippen LogP) is 4.32. The van der Waals surface area contributed by atoms with Crippen molar-refractivity contribution in [2.45, 2.75) is 12.8 Å². The Hall–Kier alpha value is -0.640. The Kier molecular flexibility index (Phi) is 3.31. The lowest BCUT2D eigenvalue weighted by Gasteiger charge is -2.09. The van der Waals surface area contributed by atoms with Crippen LogP contribution in [0.25, 0.3) is 11.1 Å². The number of aliphatic hydroxyl groups is 1. The summed E-state index contributed by atoms with van der Waals surface area (Å²) in [5.74, 6) is 0. The number of benzene rings is 2. The Morgan fingerprint density at radius 1 is 1.06 bits per heavy atom. The maximum Gasteiger partial charge on any atom is 0.0471 e. The van der Waals surface area contributed by atoms with Crippen LogP contribution < -0.4 is 0 Å². The summed E-state index contributed by atoms with van der Waals surface area (Å²) in [6.45, 7) is 0.190. The minimum Gasteiger partial charge on any atom is -0.396 e. The van der Waals surface area contributed by atoms with Gasteiger partial charge in [-0.2, -0.15) is 0 Å². The Bertz CT molecular complexity index is 620. The van der Waals surface area contributed by atoms with Gasteiger partial charge in [0.15, 0.2) is 0 Å². The molecule has 3 rings (SSSR count). The van der Waals surface area contributed by atoms with Crippen molar-refractivity contribution in [2.75, 3.05) is 6.61 Å². The zero-order valence-corrected chi connectivity index (χ0v) is 12.9. The van der Waals surface area contributed by atoms with Crippen LogP contribution in [0.5, 0.6) is 0 Å². The van der Waals surface area contributed by atoms with Gasteiger partial charge in [0.05, 0.1) is 0 Å². The van der Waals surface area contributed by atoms with Crippen molar-refractivity contribution in [2.24, 2.45) is 0 Å². The minimum atomic E-state index is 0.190. The standard InChI is InChI=1S/C15H12Br2O/c16-10-1-2-11-9(7-10)8-14-12(11)3-4-15(17)13(14)5-6-18/h1-4,7,18H,5-6,8H2. The molecule has 0 saturated heterocycles. The summed E-state index contributed by atoms with van der Waals surface area (Å²) >= 11 is 7.11. The number of hydrogen-bond donors (Lipinski definition) is 1. The summed E-state index contributed by atoms with van der Waals surface area (Å²) in [6, 6.07) is 10.7. The highest BCUT2D eigenvalue weighted by molar-refractivity contribution is 9.10. The van der Waals surface area contributed by atoms with Crippen LogP contribution in [0.4, 0.5) is 0 Å². The van der Waals surface area contributed by atoms with Gasteiger partial charge in [-0.3, -0.25) is 0 Å². The molecule has 1 N–H and O–H groups in total. The Morgan fingerprint density at radius 3 is 2.61 bits per heavy atom. The number of halogens is 2. The van der Waals surface area contributed by atoms with Gasteiger partial charge in [0.25, 0.3) is 0 Å². The molecular formula is C15H12Br2O. The lowest BCUT2D eigenvalue weighted by molar-refractivity contribution is 0.299. The van der Waals surface area contributed by atoms with Gasteiger partial charge in [0.2, 0.25) is 0 Å². The molecule has 0 aliphatic heterocycles. The molecule has 2 aromatic carbocycles. The molecule has 0 radical (unpaired) electrons. The second-order valence-electron chi connectivity index (χ2n) is 4.50. The molecular weight excluding hydrogens is 356 g/mol. The van der Waals surface area contributed by atoms with E-state index in [1.165, 1.54) is 27.8 Å². The molecule has 2 aromatic rings. The first-order chi connectivity index (χ1) is 8.70. The minimum absolute atomic E-state index is 0.190. The van der Waals surface area contributed by atoms with Crippen LogP contribution in [-0.2, 0) is 12.8 Å². The molecule has 0 bridgehead atoms. The second kappa shape index (κ2) is 4.80. The van der Waals surface area contributed by atoms with Crippen LogP contribution in [0.15, 0.2) is 39.3 Å². The monoisotopic (exact) mass is 366 g/mol. The van der Waals surface area contributed by atoms with Crippen molar-refractivity contribution in [1.82, 2.24) is 0 Å². The Balaban J connectivity index is 2.18. The molecule has 0 aromatic heterocycles. The summed E-state index contributed by atoms with van der Waals surface area (Å²) in [4.78, 5) is 0. The van der Waals surface area contributed by atoms with Gasteiger partial charge < -0.3 is 5.11 Å². The molecule has 0 unspecified atom stereocenters. The molecule has 0 amide bonds. The van der Waals surface area contributed by atoms with Gasteiger partial charge in [-0.1, -0.05) is 44.0 Å². The normalized spacial score (nSPS) is 12.4. The maximum absolute atomic E-state index is 9.21. The summed E-state index contributed by atoms with van der Waals surface area (Å²) in [5, 5.41) is 9.21. The fraction of sp³-hybridized carbons (Fsp3) is 0.200. The van der Waals surface area contributed by atoms with Crippen molar-refractivity contribution < 1.29 is 5.11 Å². The first-order valence-electron chi connectivity index (χ1n) is 5.90. The smallest absolute Gasteiger partial charge is 0.0471 e. The third-order valence-corrected chi connectivity index (χ3v) is 4.70. The summed E-state index contributed by atoms with van der Waals surface area (Å²) in [7, 11) is 0. The molecule has 3 heteroatoms. The molecule has 0 saturated carbocycles. The van der Waals surface area contributed by atoms with E-state index in [9.17, 15) is 5.11 Å². The molecule has 1 aliphatic carbocycles. The van der Waals surface area contributed by atoms with Crippen molar-refractivity contribution in [1.29, 1.82) is 0 Å². The highest BCUT2D eigenvalue weighted by atomic mass is 79.9. The van der Waals surface area contributed by atoms with Crippen LogP contribution in [0.2, 0.25) is 0 Å². The van der Waals surface area contributed by atoms with Gasteiger partial charge in [0, 0.05) is 15.6 Å². The van der Waals surface area contributed by atoms with E-state index in [4.69, 9.17) is 0 Å². The predicted molar refractivity (Wildman–Crippen MR) is 80.9 cm³/mol. The number of fused-ring (bicyclic) bond motifs is 3. The van der Waals surface area contributed by atoms with E-state index in [2.05, 4.69) is 62.2 Å². The molecule has 1 nitrogen and oxygen atoms in total. The van der Waals surface area contributed by atoms with Gasteiger partial charge in [-0.15, -0.1) is 0 Å². The molecule has 0 heterocycles. The number of hydrogen-bond acceptors (Lipinski definition) is 1. The summed E-state index contributed by atoms with van der Waals surface area (Å²) < 4.78 is 2.22. The van der Waals surface area contributed by atoms with E-state index in [-0.39, 0.29) is 6.61 Å². The third kappa shape index (κ3) is 1.94. The first-order valence-corrected chi connectivity index (χ1v) is 7.49. The van der Waals surface area contributed by atoms with E-state index >= 15 is 0 Å². The van der Waals surface area contributed by atoms with E-state index < -0.39 is 0 Å². The van der Waals surface area contributed by atoms with E-state index in [1.807, 2.05) is 0 Å². The number of rotatable bonds is 2. The molecule has 0 spiro atoms. The topological polar surface area (TPSA) is 20.2 Å². The van der Waals surface area contributed by atoms with Crippen LogP contribution >= 0.6 is 31.9 Å². The second-order valence-corrected chi connectivity index (χ2v) is 6.27. The highest BCUT2D eigenvalue weighted by Crippen LogP contribution is 2.41. The van der Waals surface area contributed by atoms with Gasteiger partial charge in [-0.05, 0) is 58.9 Å². The van der Waals surface area contributed by atoms with Crippen molar-refractivity contribution >= 4 is 31.9 Å². The lowest BCUT2D eigenvalue weighted by atomic mass is 9.99. The third-order valence-electron chi connectivity index (χ3n) is 3.46. The van der Waals surface area contributed by atoms with E-state index in [1.54, 1.807) is 0 Å². The first kappa shape index (κ1) is 12.4. The fourth-order valence-corrected chi connectivity index (χ4v) is 3.64. The van der Waals surface area contributed by atoms with Crippen LogP contribution in [0, 0.1) is 0 Å². The SMILES string of the molecule is OCCc1c(Br)ccc2c1Cc1cc(Br)ccc1-2. The Morgan fingerprint density at radius 2 is 1.83 bits per heavy atom. The largest absolute Gasteiger partial charge is 0.396 e. The van der Waals surface area contributed by atoms with Crippen molar-refractivity contribution in [3.63, 3.8) is 0 Å². The molecule has 0 atom stereocenters. The lowest BCUT2D eigenvalue weighted by Crippen LogP contribution is -1.98. The van der Waals surface area contributed by atoms with E-state index in [0.717, 1.165) is 15.4 Å². The quantitative estimate of drug-likeness (QED) is 0.715. The summed E-state index contributed by atoms with van der Waals surface area (Å²) in [5.41, 5.74) is 6.58. The van der Waals surface area contributed by atoms with Gasteiger partial charge in [0.1, 0.15) is 0 Å². The fourth-order valence-electron chi connectivity index (χ4n) is 2.66. The average Bonchev–Trinajstić information content (AvgIpc) is 2.70. The van der Waals surface area contributed by atoms with Crippen LogP contribution in [0.1, 0.15) is 16.7 Å². The van der Waals surface area contributed by atoms with Crippen molar-refractivity contribution in [3.05, 3.63) is 56.0 Å². The average molecular weight is 368 g/mol. The Labute approximate surface area is 123 Å². The zero-order valence-electron chi connectivity index (χ0n) is 9.71. The van der Waals surface area contributed by atoms with Gasteiger partial charge in [-0.25, -0.2) is 0 Å². The van der Waals surface area contributed by atoms with E-state index in [0.29, 0.717) is 6.42 Å². The maximum atomic E-state index is 9.21. The molecule has 18 heavy (non-hydrogen) atoms. The molecule has 1 aliphatic rings. The molecule has 0 fully saturated rings. The summed E-state index contributed by atoms with van der Waals surface area (Å²) in [6.07, 6.45) is 1.66. The van der Waals surface area contributed by atoms with Crippen LogP contribution in [-0.4, -0.2) is 11.7 Å². The molecule has 92 valence electrons. The van der Waals surface area contributed by atoms with Crippen LogP contribution in [0.3, 0.4) is 0 Å². The zero-order chi connectivity index (χ0) is 12.7. The number of aliphatic hydroxyl groups excluding tert-OH is 1. The highest BCUT2D eigenvalue weighted by Gasteiger charge is 2.22. The van der Waals surface area contributed by atoms with Gasteiger partial charge >= 0.3 is 0 Å².